The van der Waals surface area contributed by atoms with Crippen molar-refractivity contribution in [1.29, 1.82) is 0 Å². The van der Waals surface area contributed by atoms with Crippen LogP contribution in [0.1, 0.15) is 44.0 Å². The molecule has 0 radical (unpaired) electrons. The summed E-state index contributed by atoms with van der Waals surface area (Å²) in [5, 5.41) is 7.46. The minimum atomic E-state index is -4.43. The fourth-order valence-electron chi connectivity index (χ4n) is 2.25. The van der Waals surface area contributed by atoms with Crippen molar-refractivity contribution in [3.8, 4) is 5.75 Å². The smallest absolute Gasteiger partial charge is 0.434 e. The second-order valence-corrected chi connectivity index (χ2v) is 7.94. The standard InChI is InChI=1S/C19H25F3N4OS/c1-5-23-17(25-11-16-26-15(12-28-16)19(20,21)22)24-10-13-8-6-7-9-14(13)27-18(2,3)4/h6-9,12H,5,10-11H2,1-4H3,(H2,23,24,25). The summed E-state index contributed by atoms with van der Waals surface area (Å²) in [4.78, 5) is 8.13. The molecule has 0 amide bonds. The molecule has 1 heterocycles. The van der Waals surface area contributed by atoms with E-state index in [0.717, 1.165) is 28.0 Å². The lowest BCUT2D eigenvalue weighted by atomic mass is 10.1. The number of halogens is 3. The highest BCUT2D eigenvalue weighted by molar-refractivity contribution is 7.09. The number of para-hydroxylation sites is 1. The fourth-order valence-corrected chi connectivity index (χ4v) is 2.99. The lowest BCUT2D eigenvalue weighted by Crippen LogP contribution is -2.36. The monoisotopic (exact) mass is 414 g/mol. The zero-order valence-corrected chi connectivity index (χ0v) is 17.2. The Morgan fingerprint density at radius 2 is 1.89 bits per heavy atom. The maximum absolute atomic E-state index is 12.7. The van der Waals surface area contributed by atoms with Gasteiger partial charge in [0.05, 0.1) is 13.1 Å². The molecule has 0 spiro atoms. The second kappa shape index (κ2) is 9.27. The number of hydrogen-bond donors (Lipinski definition) is 2. The predicted molar refractivity (Wildman–Crippen MR) is 106 cm³/mol. The highest BCUT2D eigenvalue weighted by Crippen LogP contribution is 2.30. The van der Waals surface area contributed by atoms with E-state index in [9.17, 15) is 13.2 Å². The van der Waals surface area contributed by atoms with E-state index in [2.05, 4.69) is 20.6 Å². The first kappa shape index (κ1) is 22.0. The van der Waals surface area contributed by atoms with Crippen molar-refractivity contribution < 1.29 is 17.9 Å². The van der Waals surface area contributed by atoms with E-state index in [1.807, 2.05) is 52.0 Å². The molecule has 5 nitrogen and oxygen atoms in total. The maximum atomic E-state index is 12.7. The molecular weight excluding hydrogens is 389 g/mol. The van der Waals surface area contributed by atoms with Gasteiger partial charge in [-0.25, -0.2) is 9.98 Å². The minimum absolute atomic E-state index is 0.159. The number of nitrogens with zero attached hydrogens (tertiary/aromatic N) is 2. The molecule has 28 heavy (non-hydrogen) atoms. The Kier molecular flexibility index (Phi) is 7.29. The van der Waals surface area contributed by atoms with E-state index in [0.29, 0.717) is 24.1 Å². The van der Waals surface area contributed by atoms with Crippen LogP contribution in [0, 0.1) is 0 Å². The van der Waals surface area contributed by atoms with E-state index in [4.69, 9.17) is 4.74 Å². The molecule has 0 bridgehead atoms. The third-order valence-electron chi connectivity index (χ3n) is 3.39. The number of hydrogen-bond acceptors (Lipinski definition) is 4. The van der Waals surface area contributed by atoms with Gasteiger partial charge in [-0.3, -0.25) is 0 Å². The van der Waals surface area contributed by atoms with Gasteiger partial charge in [0.25, 0.3) is 0 Å². The van der Waals surface area contributed by atoms with E-state index in [1.54, 1.807) is 0 Å². The number of rotatable bonds is 6. The van der Waals surface area contributed by atoms with Gasteiger partial charge in [-0.1, -0.05) is 18.2 Å². The van der Waals surface area contributed by atoms with Gasteiger partial charge in [-0.15, -0.1) is 11.3 Å². The van der Waals surface area contributed by atoms with Gasteiger partial charge in [0.15, 0.2) is 11.7 Å². The topological polar surface area (TPSA) is 58.5 Å². The SMILES string of the molecule is CCNC(=NCc1ccccc1OC(C)(C)C)NCc1nc(C(F)(F)F)cs1. The zero-order chi connectivity index (χ0) is 20.8. The first-order valence-electron chi connectivity index (χ1n) is 8.89. The molecule has 2 aromatic rings. The number of aliphatic imine (C=N–C) groups is 1. The fraction of sp³-hybridized carbons (Fsp3) is 0.474. The average molecular weight is 414 g/mol. The van der Waals surface area contributed by atoms with Crippen molar-refractivity contribution in [2.45, 2.75) is 52.6 Å². The Morgan fingerprint density at radius 1 is 1.18 bits per heavy atom. The highest BCUT2D eigenvalue weighted by Gasteiger charge is 2.33. The Hall–Kier alpha value is -2.29. The predicted octanol–water partition coefficient (Wildman–Crippen LogP) is 4.59. The Labute approximate surface area is 167 Å². The van der Waals surface area contributed by atoms with Crippen molar-refractivity contribution in [3.05, 3.63) is 45.9 Å². The first-order valence-corrected chi connectivity index (χ1v) is 9.77. The van der Waals surface area contributed by atoms with Crippen LogP contribution in [0.5, 0.6) is 5.75 Å². The summed E-state index contributed by atoms with van der Waals surface area (Å²) in [5.41, 5.74) is -0.281. The third-order valence-corrected chi connectivity index (χ3v) is 4.24. The van der Waals surface area contributed by atoms with Crippen LogP contribution in [-0.4, -0.2) is 23.1 Å². The van der Waals surface area contributed by atoms with Gasteiger partial charge in [0.2, 0.25) is 0 Å². The number of ether oxygens (including phenoxy) is 1. The van der Waals surface area contributed by atoms with Crippen molar-refractivity contribution in [3.63, 3.8) is 0 Å². The van der Waals surface area contributed by atoms with Gasteiger partial charge >= 0.3 is 6.18 Å². The summed E-state index contributed by atoms with van der Waals surface area (Å²) in [6.07, 6.45) is -4.43. The van der Waals surface area contributed by atoms with Crippen LogP contribution in [0.3, 0.4) is 0 Å². The molecule has 1 aromatic heterocycles. The molecule has 0 aliphatic carbocycles. The van der Waals surface area contributed by atoms with Gasteiger partial charge < -0.3 is 15.4 Å². The van der Waals surface area contributed by atoms with Crippen LogP contribution in [0.2, 0.25) is 0 Å². The molecule has 0 fully saturated rings. The number of thiazole rings is 1. The molecular formula is C19H25F3N4OS. The summed E-state index contributed by atoms with van der Waals surface area (Å²) in [5.74, 6) is 1.25. The van der Waals surface area contributed by atoms with Crippen LogP contribution in [-0.2, 0) is 19.3 Å². The van der Waals surface area contributed by atoms with Crippen molar-refractivity contribution >= 4 is 17.3 Å². The van der Waals surface area contributed by atoms with E-state index >= 15 is 0 Å². The Morgan fingerprint density at radius 3 is 2.50 bits per heavy atom. The Bertz CT molecular complexity index is 797. The molecule has 0 saturated heterocycles. The van der Waals surface area contributed by atoms with Crippen molar-refractivity contribution in [2.24, 2.45) is 4.99 Å². The lowest BCUT2D eigenvalue weighted by Gasteiger charge is -2.23. The van der Waals surface area contributed by atoms with Gasteiger partial charge in [0, 0.05) is 17.5 Å². The zero-order valence-electron chi connectivity index (χ0n) is 16.4. The number of alkyl halides is 3. The summed E-state index contributed by atoms with van der Waals surface area (Å²) >= 11 is 0.963. The molecule has 2 rings (SSSR count). The minimum Gasteiger partial charge on any atom is -0.488 e. The average Bonchev–Trinajstić information content (AvgIpc) is 3.06. The lowest BCUT2D eigenvalue weighted by molar-refractivity contribution is -0.140. The molecule has 1 aromatic carbocycles. The maximum Gasteiger partial charge on any atom is 0.434 e. The molecule has 0 saturated carbocycles. The van der Waals surface area contributed by atoms with Gasteiger partial charge in [-0.05, 0) is 33.8 Å². The molecule has 154 valence electrons. The van der Waals surface area contributed by atoms with Crippen LogP contribution in [0.4, 0.5) is 13.2 Å². The summed E-state index contributed by atoms with van der Waals surface area (Å²) in [7, 11) is 0. The Balaban J connectivity index is 2.06. The largest absolute Gasteiger partial charge is 0.488 e. The molecule has 9 heteroatoms. The highest BCUT2D eigenvalue weighted by atomic mass is 32.1. The molecule has 0 aliphatic heterocycles. The second-order valence-electron chi connectivity index (χ2n) is 7.00. The summed E-state index contributed by atoms with van der Waals surface area (Å²) < 4.78 is 43.9. The van der Waals surface area contributed by atoms with E-state index in [1.165, 1.54) is 0 Å². The van der Waals surface area contributed by atoms with Crippen LogP contribution in [0.15, 0.2) is 34.6 Å². The van der Waals surface area contributed by atoms with Gasteiger partial charge in [0.1, 0.15) is 16.4 Å². The molecule has 2 N–H and O–H groups in total. The number of nitrogens with one attached hydrogen (secondary N) is 2. The number of aromatic nitrogens is 1. The van der Waals surface area contributed by atoms with Crippen LogP contribution < -0.4 is 15.4 Å². The van der Waals surface area contributed by atoms with Crippen molar-refractivity contribution in [2.75, 3.05) is 6.54 Å². The molecule has 0 aliphatic rings. The van der Waals surface area contributed by atoms with Crippen molar-refractivity contribution in [1.82, 2.24) is 15.6 Å². The summed E-state index contributed by atoms with van der Waals surface area (Å²) in [6, 6.07) is 7.64. The quantitative estimate of drug-likeness (QED) is 0.536. The number of guanidine groups is 1. The molecule has 0 atom stereocenters. The molecule has 0 unspecified atom stereocenters. The van der Waals surface area contributed by atoms with Gasteiger partial charge in [-0.2, -0.15) is 13.2 Å². The van der Waals surface area contributed by atoms with E-state index < -0.39 is 11.9 Å². The first-order chi connectivity index (χ1) is 13.1. The third kappa shape index (κ3) is 7.03. The normalized spacial score (nSPS) is 12.8. The number of benzene rings is 1. The van der Waals surface area contributed by atoms with Crippen LogP contribution in [0.25, 0.3) is 0 Å². The van der Waals surface area contributed by atoms with Crippen LogP contribution >= 0.6 is 11.3 Å². The summed E-state index contributed by atoms with van der Waals surface area (Å²) in [6.45, 7) is 8.99. The van der Waals surface area contributed by atoms with E-state index in [-0.39, 0.29) is 12.1 Å².